The van der Waals surface area contributed by atoms with Crippen LogP contribution in [-0.2, 0) is 4.74 Å². The van der Waals surface area contributed by atoms with Crippen molar-refractivity contribution in [3.8, 4) is 0 Å². The highest BCUT2D eigenvalue weighted by atomic mass is 35.5. The molecule has 2 N–H and O–H groups in total. The summed E-state index contributed by atoms with van der Waals surface area (Å²) in [5, 5.41) is 0. The number of halogens is 5. The molecular weight excluding hydrogens is 286 g/mol. The molecule has 2 rings (SSSR count). The van der Waals surface area contributed by atoms with Crippen LogP contribution in [0.1, 0.15) is 24.4 Å². The van der Waals surface area contributed by atoms with Crippen LogP contribution >= 0.6 is 12.4 Å². The summed E-state index contributed by atoms with van der Waals surface area (Å²) in [7, 11) is 0. The van der Waals surface area contributed by atoms with Gasteiger partial charge in [-0.05, 0) is 18.8 Å². The number of nitrogens with two attached hydrogens (primary N) is 1. The molecule has 0 radical (unpaired) electrons. The fourth-order valence-corrected chi connectivity index (χ4v) is 2.19. The van der Waals surface area contributed by atoms with Crippen LogP contribution in [-0.4, -0.2) is 13.2 Å². The van der Waals surface area contributed by atoms with Crippen molar-refractivity contribution in [1.82, 2.24) is 0 Å². The predicted molar refractivity (Wildman–Crippen MR) is 64.0 cm³/mol. The summed E-state index contributed by atoms with van der Waals surface area (Å²) < 4.78 is 58.4. The first-order chi connectivity index (χ1) is 8.52. The quantitative estimate of drug-likeness (QED) is 0.673. The van der Waals surface area contributed by atoms with E-state index in [4.69, 9.17) is 10.5 Å². The van der Waals surface area contributed by atoms with Crippen LogP contribution < -0.4 is 5.73 Å². The van der Waals surface area contributed by atoms with Gasteiger partial charge in [-0.2, -0.15) is 0 Å². The highest BCUT2D eigenvalue weighted by molar-refractivity contribution is 5.85. The molecule has 0 aromatic heterocycles. The second-order valence-corrected chi connectivity index (χ2v) is 4.36. The van der Waals surface area contributed by atoms with E-state index in [2.05, 4.69) is 0 Å². The number of ether oxygens (including phenoxy) is 1. The van der Waals surface area contributed by atoms with Gasteiger partial charge in [-0.25, -0.2) is 17.6 Å². The van der Waals surface area contributed by atoms with Crippen molar-refractivity contribution < 1.29 is 22.3 Å². The van der Waals surface area contributed by atoms with Crippen LogP contribution in [0.5, 0.6) is 0 Å². The largest absolute Gasteiger partial charge is 0.381 e. The van der Waals surface area contributed by atoms with Gasteiger partial charge in [0.1, 0.15) is 0 Å². The third-order valence-electron chi connectivity index (χ3n) is 3.25. The van der Waals surface area contributed by atoms with E-state index in [1.807, 2.05) is 0 Å². The summed E-state index contributed by atoms with van der Waals surface area (Å²) in [5.41, 5.74) is 5.03. The minimum Gasteiger partial charge on any atom is -0.381 e. The monoisotopic (exact) mass is 299 g/mol. The maximum absolute atomic E-state index is 13.6. The van der Waals surface area contributed by atoms with Gasteiger partial charge in [0.25, 0.3) is 0 Å². The van der Waals surface area contributed by atoms with Gasteiger partial charge >= 0.3 is 0 Å². The molecule has 2 nitrogen and oxygen atoms in total. The van der Waals surface area contributed by atoms with E-state index in [0.29, 0.717) is 26.1 Å². The molecule has 0 amide bonds. The fourth-order valence-electron chi connectivity index (χ4n) is 2.19. The molecule has 1 heterocycles. The standard InChI is InChI=1S/C12H13F4NO.ClH/c13-7-5-8(14)11(16)9(10(7)15)12(17)6-1-3-18-4-2-6;/h5-6,12H,1-4,17H2;1H/t12-;/m1./s1. The van der Waals surface area contributed by atoms with E-state index in [0.717, 1.165) is 0 Å². The Morgan fingerprint density at radius 2 is 1.53 bits per heavy atom. The van der Waals surface area contributed by atoms with Crippen LogP contribution in [0.4, 0.5) is 17.6 Å². The Bertz CT molecular complexity index is 426. The maximum Gasteiger partial charge on any atom is 0.166 e. The molecule has 1 aliphatic heterocycles. The topological polar surface area (TPSA) is 35.2 Å². The Hall–Kier alpha value is -0.850. The number of rotatable bonds is 2. The lowest BCUT2D eigenvalue weighted by atomic mass is 9.87. The second-order valence-electron chi connectivity index (χ2n) is 4.36. The summed E-state index contributed by atoms with van der Waals surface area (Å²) in [5.74, 6) is -5.91. The van der Waals surface area contributed by atoms with Gasteiger partial charge in [-0.1, -0.05) is 0 Å². The zero-order chi connectivity index (χ0) is 13.3. The minimum atomic E-state index is -1.42. The Morgan fingerprint density at radius 1 is 1.05 bits per heavy atom. The minimum absolute atomic E-state index is 0. The Morgan fingerprint density at radius 3 is 2.00 bits per heavy atom. The maximum atomic E-state index is 13.6. The number of benzene rings is 1. The summed E-state index contributed by atoms with van der Waals surface area (Å²) in [4.78, 5) is 0. The van der Waals surface area contributed by atoms with Crippen molar-refractivity contribution in [2.45, 2.75) is 18.9 Å². The number of hydrogen-bond acceptors (Lipinski definition) is 2. The fraction of sp³-hybridized carbons (Fsp3) is 0.500. The SMILES string of the molecule is Cl.N[C@@H](c1c(F)c(F)cc(F)c1F)C1CCOCC1. The van der Waals surface area contributed by atoms with E-state index in [1.165, 1.54) is 0 Å². The smallest absolute Gasteiger partial charge is 0.166 e. The van der Waals surface area contributed by atoms with Gasteiger partial charge in [0.05, 0.1) is 0 Å². The zero-order valence-electron chi connectivity index (χ0n) is 9.97. The molecule has 1 atom stereocenters. The molecular formula is C12H14ClF4NO. The second kappa shape index (κ2) is 6.54. The summed E-state index contributed by atoms with van der Waals surface area (Å²) >= 11 is 0. The highest BCUT2D eigenvalue weighted by Crippen LogP contribution is 2.32. The van der Waals surface area contributed by atoms with E-state index >= 15 is 0 Å². The van der Waals surface area contributed by atoms with E-state index in [-0.39, 0.29) is 24.4 Å². The summed E-state index contributed by atoms with van der Waals surface area (Å²) in [6, 6.07) is -0.885. The molecule has 7 heteroatoms. The average molecular weight is 300 g/mol. The predicted octanol–water partition coefficient (Wildman–Crippen LogP) is 3.09. The van der Waals surface area contributed by atoms with Gasteiger partial charge in [-0.3, -0.25) is 0 Å². The van der Waals surface area contributed by atoms with E-state index < -0.39 is 34.9 Å². The van der Waals surface area contributed by atoms with Crippen molar-refractivity contribution in [3.05, 3.63) is 34.9 Å². The summed E-state index contributed by atoms with van der Waals surface area (Å²) in [6.07, 6.45) is 1.02. The van der Waals surface area contributed by atoms with Gasteiger partial charge in [0.2, 0.25) is 0 Å². The molecule has 1 fully saturated rings. The van der Waals surface area contributed by atoms with Crippen molar-refractivity contribution in [2.75, 3.05) is 13.2 Å². The Balaban J connectivity index is 0.00000180. The van der Waals surface area contributed by atoms with Crippen LogP contribution in [0, 0.1) is 29.2 Å². The molecule has 1 aromatic rings. The van der Waals surface area contributed by atoms with Gasteiger partial charge in [-0.15, -0.1) is 12.4 Å². The van der Waals surface area contributed by atoms with E-state index in [9.17, 15) is 17.6 Å². The van der Waals surface area contributed by atoms with Crippen LogP contribution in [0.25, 0.3) is 0 Å². The van der Waals surface area contributed by atoms with Crippen LogP contribution in [0.2, 0.25) is 0 Å². The first-order valence-corrected chi connectivity index (χ1v) is 5.68. The number of hydrogen-bond donors (Lipinski definition) is 1. The normalized spacial score (nSPS) is 17.9. The molecule has 0 unspecified atom stereocenters. The lowest BCUT2D eigenvalue weighted by molar-refractivity contribution is 0.0574. The average Bonchev–Trinajstić information content (AvgIpc) is 2.37. The lowest BCUT2D eigenvalue weighted by Gasteiger charge is -2.28. The molecule has 108 valence electrons. The summed E-state index contributed by atoms with van der Waals surface area (Å²) in [6.45, 7) is 0.860. The van der Waals surface area contributed by atoms with E-state index in [1.54, 1.807) is 0 Å². The van der Waals surface area contributed by atoms with Crippen molar-refractivity contribution in [2.24, 2.45) is 11.7 Å². The van der Waals surface area contributed by atoms with Crippen molar-refractivity contribution >= 4 is 12.4 Å². The van der Waals surface area contributed by atoms with Gasteiger partial charge in [0, 0.05) is 30.9 Å². The Labute approximate surface area is 114 Å². The molecule has 0 saturated carbocycles. The van der Waals surface area contributed by atoms with Crippen LogP contribution in [0.3, 0.4) is 0 Å². The van der Waals surface area contributed by atoms with Crippen LogP contribution in [0.15, 0.2) is 6.07 Å². The highest BCUT2D eigenvalue weighted by Gasteiger charge is 2.30. The molecule has 1 aliphatic rings. The zero-order valence-corrected chi connectivity index (χ0v) is 10.8. The van der Waals surface area contributed by atoms with Crippen molar-refractivity contribution in [1.29, 1.82) is 0 Å². The first kappa shape index (κ1) is 16.2. The molecule has 0 spiro atoms. The molecule has 0 bridgehead atoms. The van der Waals surface area contributed by atoms with Crippen molar-refractivity contribution in [3.63, 3.8) is 0 Å². The Kier molecular flexibility index (Phi) is 5.58. The third kappa shape index (κ3) is 3.19. The molecule has 19 heavy (non-hydrogen) atoms. The first-order valence-electron chi connectivity index (χ1n) is 5.68. The lowest BCUT2D eigenvalue weighted by Crippen LogP contribution is -2.29. The molecule has 0 aliphatic carbocycles. The molecule has 1 aromatic carbocycles. The third-order valence-corrected chi connectivity index (χ3v) is 3.25. The molecule has 1 saturated heterocycles. The van der Waals surface area contributed by atoms with Gasteiger partial charge < -0.3 is 10.5 Å². The van der Waals surface area contributed by atoms with Gasteiger partial charge in [0.15, 0.2) is 23.3 Å².